The zero-order valence-electron chi connectivity index (χ0n) is 12.7. The lowest BCUT2D eigenvalue weighted by molar-refractivity contribution is -0.0512. The fourth-order valence-corrected chi connectivity index (χ4v) is 2.48. The van der Waals surface area contributed by atoms with Crippen LogP contribution in [0.4, 0.5) is 0 Å². The van der Waals surface area contributed by atoms with Gasteiger partial charge in [0.1, 0.15) is 18.1 Å². The van der Waals surface area contributed by atoms with E-state index < -0.39 is 0 Å². The van der Waals surface area contributed by atoms with Gasteiger partial charge in [-0.25, -0.2) is 4.68 Å². The summed E-state index contributed by atoms with van der Waals surface area (Å²) < 4.78 is 13.0. The van der Waals surface area contributed by atoms with Crippen LogP contribution in [0.1, 0.15) is 24.1 Å². The zero-order chi connectivity index (χ0) is 15.4. The Morgan fingerprint density at radius 2 is 2.18 bits per heavy atom. The van der Waals surface area contributed by atoms with Crippen molar-refractivity contribution < 1.29 is 14.6 Å². The predicted octanol–water partition coefficient (Wildman–Crippen LogP) is 1.71. The third-order valence-corrected chi connectivity index (χ3v) is 3.72. The van der Waals surface area contributed by atoms with Crippen molar-refractivity contribution >= 4 is 0 Å². The van der Waals surface area contributed by atoms with E-state index in [-0.39, 0.29) is 12.2 Å². The Balaban J connectivity index is 1.51. The number of nitrogens with zero attached hydrogens (tertiary/aromatic N) is 3. The number of aliphatic hydroxyl groups excluding tert-OH is 1. The molecule has 6 heteroatoms. The Bertz CT molecular complexity index is 597. The first-order chi connectivity index (χ1) is 10.7. The molecular formula is C16H21N3O3. The first-order valence-electron chi connectivity index (χ1n) is 7.57. The van der Waals surface area contributed by atoms with E-state index in [1.54, 1.807) is 4.68 Å². The predicted molar refractivity (Wildman–Crippen MR) is 80.5 cm³/mol. The average Bonchev–Trinajstić information content (AvgIpc) is 2.94. The Labute approximate surface area is 129 Å². The molecule has 1 saturated heterocycles. The van der Waals surface area contributed by atoms with Crippen molar-refractivity contribution in [2.24, 2.45) is 0 Å². The van der Waals surface area contributed by atoms with E-state index >= 15 is 0 Å². The lowest BCUT2D eigenvalue weighted by Crippen LogP contribution is -2.32. The Morgan fingerprint density at radius 1 is 1.36 bits per heavy atom. The van der Waals surface area contributed by atoms with Gasteiger partial charge in [-0.2, -0.15) is 0 Å². The van der Waals surface area contributed by atoms with Crippen molar-refractivity contribution in [3.8, 4) is 5.75 Å². The number of rotatable bonds is 5. The minimum atomic E-state index is -0.272. The molecule has 1 N–H and O–H groups in total. The highest BCUT2D eigenvalue weighted by Gasteiger charge is 2.21. The second kappa shape index (κ2) is 6.89. The minimum absolute atomic E-state index is 0.00341. The Morgan fingerprint density at radius 3 is 2.95 bits per heavy atom. The van der Waals surface area contributed by atoms with Crippen LogP contribution < -0.4 is 4.74 Å². The van der Waals surface area contributed by atoms with Gasteiger partial charge in [0.25, 0.3) is 0 Å². The second-order valence-electron chi connectivity index (χ2n) is 5.70. The van der Waals surface area contributed by atoms with Crippen LogP contribution in [0.25, 0.3) is 0 Å². The van der Waals surface area contributed by atoms with Gasteiger partial charge in [0.2, 0.25) is 0 Å². The third kappa shape index (κ3) is 4.05. The fourth-order valence-electron chi connectivity index (χ4n) is 2.48. The molecule has 1 aromatic heterocycles. The van der Waals surface area contributed by atoms with E-state index in [9.17, 15) is 5.11 Å². The highest BCUT2D eigenvalue weighted by molar-refractivity contribution is 5.26. The number of aromatic nitrogens is 3. The molecular weight excluding hydrogens is 282 g/mol. The van der Waals surface area contributed by atoms with Gasteiger partial charge in [-0.05, 0) is 25.5 Å². The number of aliphatic hydroxyl groups is 1. The van der Waals surface area contributed by atoms with Gasteiger partial charge in [0.15, 0.2) is 0 Å². The first kappa shape index (κ1) is 15.0. The first-order valence-corrected chi connectivity index (χ1v) is 7.57. The quantitative estimate of drug-likeness (QED) is 0.910. The average molecular weight is 303 g/mol. The maximum Gasteiger partial charge on any atom is 0.134 e. The van der Waals surface area contributed by atoms with Crippen molar-refractivity contribution in [1.82, 2.24) is 15.0 Å². The van der Waals surface area contributed by atoms with Gasteiger partial charge < -0.3 is 14.6 Å². The monoisotopic (exact) mass is 303 g/mol. The molecule has 1 aliphatic heterocycles. The molecule has 0 saturated carbocycles. The molecule has 2 aromatic rings. The standard InChI is InChI=1S/C16H21N3O3/c1-12-2-4-15(5-3-12)22-11-13-9-19(18-17-13)10-16-8-14(20)6-7-21-16/h2-5,9,14,16,20H,6-8,10-11H2,1H3. The summed E-state index contributed by atoms with van der Waals surface area (Å²) in [6.45, 7) is 3.63. The summed E-state index contributed by atoms with van der Waals surface area (Å²) in [6.07, 6.45) is 2.94. The Kier molecular flexibility index (Phi) is 4.70. The molecule has 0 amide bonds. The number of ether oxygens (including phenoxy) is 2. The van der Waals surface area contributed by atoms with Gasteiger partial charge >= 0.3 is 0 Å². The minimum Gasteiger partial charge on any atom is -0.487 e. The normalized spacial score (nSPS) is 21.7. The number of hydrogen-bond donors (Lipinski definition) is 1. The van der Waals surface area contributed by atoms with Crippen LogP contribution in [0.3, 0.4) is 0 Å². The zero-order valence-corrected chi connectivity index (χ0v) is 12.7. The van der Waals surface area contributed by atoms with Crippen molar-refractivity contribution in [2.75, 3.05) is 6.61 Å². The van der Waals surface area contributed by atoms with Gasteiger partial charge in [0, 0.05) is 13.0 Å². The molecule has 3 rings (SSSR count). The molecule has 2 unspecified atom stereocenters. The van der Waals surface area contributed by atoms with Gasteiger partial charge in [-0.3, -0.25) is 0 Å². The Hall–Kier alpha value is -1.92. The van der Waals surface area contributed by atoms with E-state index in [4.69, 9.17) is 9.47 Å². The van der Waals surface area contributed by atoms with E-state index in [1.165, 1.54) is 5.56 Å². The van der Waals surface area contributed by atoms with Gasteiger partial charge in [-0.1, -0.05) is 22.9 Å². The lowest BCUT2D eigenvalue weighted by Gasteiger charge is -2.26. The van der Waals surface area contributed by atoms with Crippen molar-refractivity contribution in [1.29, 1.82) is 0 Å². The molecule has 6 nitrogen and oxygen atoms in total. The number of hydrogen-bond acceptors (Lipinski definition) is 5. The molecule has 1 fully saturated rings. The largest absolute Gasteiger partial charge is 0.487 e. The third-order valence-electron chi connectivity index (χ3n) is 3.72. The molecule has 1 aromatic carbocycles. The van der Waals surface area contributed by atoms with Crippen LogP contribution in [-0.4, -0.2) is 38.9 Å². The SMILES string of the molecule is Cc1ccc(OCc2cn(CC3CC(O)CCO3)nn2)cc1. The molecule has 2 heterocycles. The molecule has 22 heavy (non-hydrogen) atoms. The van der Waals surface area contributed by atoms with Crippen LogP contribution in [-0.2, 0) is 17.9 Å². The summed E-state index contributed by atoms with van der Waals surface area (Å²) in [5, 5.41) is 17.8. The van der Waals surface area contributed by atoms with Crippen molar-refractivity contribution in [2.45, 2.75) is 45.1 Å². The lowest BCUT2D eigenvalue weighted by atomic mass is 10.1. The topological polar surface area (TPSA) is 69.4 Å². The maximum atomic E-state index is 9.65. The molecule has 1 aliphatic rings. The highest BCUT2D eigenvalue weighted by Crippen LogP contribution is 2.16. The summed E-state index contributed by atoms with van der Waals surface area (Å²) in [4.78, 5) is 0. The van der Waals surface area contributed by atoms with E-state index in [0.29, 0.717) is 32.6 Å². The summed E-state index contributed by atoms with van der Waals surface area (Å²) in [7, 11) is 0. The van der Waals surface area contributed by atoms with Crippen molar-refractivity contribution in [3.63, 3.8) is 0 Å². The van der Waals surface area contributed by atoms with Crippen LogP contribution in [0.5, 0.6) is 5.75 Å². The van der Waals surface area contributed by atoms with Gasteiger partial charge in [0.05, 0.1) is 24.9 Å². The summed E-state index contributed by atoms with van der Waals surface area (Å²) in [6, 6.07) is 7.91. The smallest absolute Gasteiger partial charge is 0.134 e. The highest BCUT2D eigenvalue weighted by atomic mass is 16.5. The van der Waals surface area contributed by atoms with Crippen LogP contribution >= 0.6 is 0 Å². The molecule has 0 aliphatic carbocycles. The maximum absolute atomic E-state index is 9.65. The van der Waals surface area contributed by atoms with Crippen LogP contribution in [0.15, 0.2) is 30.5 Å². The van der Waals surface area contributed by atoms with Gasteiger partial charge in [-0.15, -0.1) is 5.10 Å². The van der Waals surface area contributed by atoms with Crippen LogP contribution in [0, 0.1) is 6.92 Å². The van der Waals surface area contributed by atoms with E-state index in [0.717, 1.165) is 11.4 Å². The molecule has 2 atom stereocenters. The molecule has 0 bridgehead atoms. The summed E-state index contributed by atoms with van der Waals surface area (Å²) in [5.74, 6) is 0.818. The number of benzene rings is 1. The number of aryl methyl sites for hydroxylation is 1. The molecule has 118 valence electrons. The molecule has 0 spiro atoms. The van der Waals surface area contributed by atoms with E-state index in [1.807, 2.05) is 37.4 Å². The fraction of sp³-hybridized carbons (Fsp3) is 0.500. The summed E-state index contributed by atoms with van der Waals surface area (Å²) in [5.41, 5.74) is 1.98. The van der Waals surface area contributed by atoms with Crippen LogP contribution in [0.2, 0.25) is 0 Å². The molecule has 0 radical (unpaired) electrons. The van der Waals surface area contributed by atoms with Crippen molar-refractivity contribution in [3.05, 3.63) is 41.7 Å². The summed E-state index contributed by atoms with van der Waals surface area (Å²) >= 11 is 0. The second-order valence-corrected chi connectivity index (χ2v) is 5.70. The van der Waals surface area contributed by atoms with E-state index in [2.05, 4.69) is 10.3 Å².